The lowest BCUT2D eigenvalue weighted by molar-refractivity contribution is 0.0727. The van der Waals surface area contributed by atoms with Gasteiger partial charge in [0.25, 0.3) is 0 Å². The number of morpholine rings is 1. The van der Waals surface area contributed by atoms with Gasteiger partial charge in [-0.2, -0.15) is 9.36 Å². The molecule has 78 valence electrons. The monoisotopic (exact) mass is 216 g/mol. The molecule has 1 aliphatic rings. The molecule has 2 rings (SSSR count). The highest BCUT2D eigenvalue weighted by atomic mass is 32.1. The smallest absolute Gasteiger partial charge is 0.233 e. The summed E-state index contributed by atoms with van der Waals surface area (Å²) in [5.41, 5.74) is 5.44. The average molecular weight is 216 g/mol. The maximum Gasteiger partial charge on any atom is 0.233 e. The number of hydrogen-bond acceptors (Lipinski definition) is 7. The average Bonchev–Trinajstić information content (AvgIpc) is 2.65. The molecule has 0 amide bonds. The van der Waals surface area contributed by atoms with Crippen LogP contribution in [0.5, 0.6) is 0 Å². The van der Waals surface area contributed by atoms with Gasteiger partial charge in [-0.15, -0.1) is 0 Å². The Hall–Kier alpha value is -0.920. The van der Waals surface area contributed by atoms with Gasteiger partial charge in [0, 0.05) is 18.1 Å². The lowest BCUT2D eigenvalue weighted by atomic mass is 10.2. The summed E-state index contributed by atoms with van der Waals surface area (Å²) in [6, 6.07) is -0.0314. The Balaban J connectivity index is 2.14. The van der Waals surface area contributed by atoms with Gasteiger partial charge >= 0.3 is 0 Å². The fourth-order valence-electron chi connectivity index (χ4n) is 1.40. The van der Waals surface area contributed by atoms with Crippen molar-refractivity contribution in [1.29, 1.82) is 0 Å². The van der Waals surface area contributed by atoms with E-state index in [9.17, 15) is 0 Å². The van der Waals surface area contributed by atoms with Gasteiger partial charge in [0.2, 0.25) is 11.1 Å². The maximum atomic E-state index is 9.13. The quantitative estimate of drug-likeness (QED) is 0.681. The molecule has 2 heterocycles. The fraction of sp³-hybridized carbons (Fsp3) is 0.714. The van der Waals surface area contributed by atoms with Gasteiger partial charge in [-0.25, -0.2) is 0 Å². The molecular formula is C7H12N4O2S. The zero-order valence-electron chi connectivity index (χ0n) is 7.59. The highest BCUT2D eigenvalue weighted by Crippen LogP contribution is 2.22. The standard InChI is InChI=1S/C7H12N4O2S/c8-6-9-7(14-10-6)11-1-2-13-4-5(11)3-12/h5,12H,1-4H2,(H2,8,10). The van der Waals surface area contributed by atoms with Crippen molar-refractivity contribution in [3.05, 3.63) is 0 Å². The van der Waals surface area contributed by atoms with Gasteiger partial charge in [0.15, 0.2) is 0 Å². The molecule has 6 nitrogen and oxygen atoms in total. The lowest BCUT2D eigenvalue weighted by Gasteiger charge is -2.33. The summed E-state index contributed by atoms with van der Waals surface area (Å²) in [5.74, 6) is 0.285. The number of anilines is 2. The van der Waals surface area contributed by atoms with Gasteiger partial charge in [0.1, 0.15) is 0 Å². The van der Waals surface area contributed by atoms with E-state index >= 15 is 0 Å². The van der Waals surface area contributed by atoms with Crippen molar-refractivity contribution in [2.24, 2.45) is 0 Å². The van der Waals surface area contributed by atoms with Crippen LogP contribution < -0.4 is 10.6 Å². The van der Waals surface area contributed by atoms with Crippen LogP contribution in [0.4, 0.5) is 11.1 Å². The zero-order valence-corrected chi connectivity index (χ0v) is 8.40. The van der Waals surface area contributed by atoms with Crippen LogP contribution in [-0.4, -0.2) is 46.9 Å². The molecule has 1 saturated heterocycles. The van der Waals surface area contributed by atoms with Crippen LogP contribution in [-0.2, 0) is 4.74 Å². The van der Waals surface area contributed by atoms with Gasteiger partial charge in [-0.05, 0) is 0 Å². The van der Waals surface area contributed by atoms with E-state index in [1.165, 1.54) is 11.5 Å². The molecule has 3 N–H and O–H groups in total. The SMILES string of the molecule is Nc1nsc(N2CCOCC2CO)n1. The van der Waals surface area contributed by atoms with Crippen LogP contribution in [0.1, 0.15) is 0 Å². The third kappa shape index (κ3) is 1.79. The largest absolute Gasteiger partial charge is 0.394 e. The lowest BCUT2D eigenvalue weighted by Crippen LogP contribution is -2.47. The number of ether oxygens (including phenoxy) is 1. The molecular weight excluding hydrogens is 204 g/mol. The van der Waals surface area contributed by atoms with Crippen LogP contribution >= 0.6 is 11.5 Å². The summed E-state index contributed by atoms with van der Waals surface area (Å²) < 4.78 is 9.16. The summed E-state index contributed by atoms with van der Waals surface area (Å²) in [7, 11) is 0. The van der Waals surface area contributed by atoms with E-state index in [0.717, 1.165) is 11.7 Å². The molecule has 0 bridgehead atoms. The predicted octanol–water partition coefficient (Wildman–Crippen LogP) is -0.682. The molecule has 1 aromatic heterocycles. The highest BCUT2D eigenvalue weighted by Gasteiger charge is 2.24. The summed E-state index contributed by atoms with van der Waals surface area (Å²) in [6.45, 7) is 1.95. The Morgan fingerprint density at radius 3 is 3.21 bits per heavy atom. The zero-order chi connectivity index (χ0) is 9.97. The van der Waals surface area contributed by atoms with Crippen LogP contribution in [0.3, 0.4) is 0 Å². The molecule has 14 heavy (non-hydrogen) atoms. The third-order valence-electron chi connectivity index (χ3n) is 2.12. The fourth-order valence-corrected chi connectivity index (χ4v) is 2.10. The molecule has 1 aliphatic heterocycles. The number of hydrogen-bond donors (Lipinski definition) is 2. The summed E-state index contributed by atoms with van der Waals surface area (Å²) in [6.07, 6.45) is 0. The first-order valence-electron chi connectivity index (χ1n) is 4.35. The molecule has 0 spiro atoms. The Kier molecular flexibility index (Phi) is 2.80. The van der Waals surface area contributed by atoms with Crippen molar-refractivity contribution in [3.63, 3.8) is 0 Å². The van der Waals surface area contributed by atoms with E-state index in [0.29, 0.717) is 13.2 Å². The molecule has 1 atom stereocenters. The summed E-state index contributed by atoms with van der Waals surface area (Å²) in [5, 5.41) is 9.89. The summed E-state index contributed by atoms with van der Waals surface area (Å²) in [4.78, 5) is 6.06. The molecule has 7 heteroatoms. The van der Waals surface area contributed by atoms with Crippen molar-refractivity contribution in [1.82, 2.24) is 9.36 Å². The van der Waals surface area contributed by atoms with E-state index in [1.807, 2.05) is 4.90 Å². The van der Waals surface area contributed by atoms with Gasteiger partial charge in [-0.1, -0.05) is 0 Å². The van der Waals surface area contributed by atoms with Gasteiger partial charge in [-0.3, -0.25) is 0 Å². The van der Waals surface area contributed by atoms with Crippen molar-refractivity contribution in [2.75, 3.05) is 37.0 Å². The normalized spacial score (nSPS) is 22.6. The van der Waals surface area contributed by atoms with Crippen molar-refractivity contribution in [3.8, 4) is 0 Å². The second kappa shape index (κ2) is 4.07. The predicted molar refractivity (Wildman–Crippen MR) is 53.4 cm³/mol. The first-order chi connectivity index (χ1) is 6.81. The van der Waals surface area contributed by atoms with E-state index in [2.05, 4.69) is 9.36 Å². The number of aliphatic hydroxyl groups excluding tert-OH is 1. The molecule has 0 aromatic carbocycles. The Morgan fingerprint density at radius 1 is 1.71 bits per heavy atom. The van der Waals surface area contributed by atoms with E-state index in [4.69, 9.17) is 15.6 Å². The topological polar surface area (TPSA) is 84.5 Å². The van der Waals surface area contributed by atoms with Crippen LogP contribution in [0.15, 0.2) is 0 Å². The van der Waals surface area contributed by atoms with Crippen LogP contribution in [0, 0.1) is 0 Å². The molecule has 1 fully saturated rings. The van der Waals surface area contributed by atoms with E-state index < -0.39 is 0 Å². The summed E-state index contributed by atoms with van der Waals surface area (Å²) >= 11 is 1.25. The molecule has 0 saturated carbocycles. The first-order valence-corrected chi connectivity index (χ1v) is 5.13. The molecule has 0 aliphatic carbocycles. The number of nitrogen functional groups attached to an aromatic ring is 1. The number of nitrogens with two attached hydrogens (primary N) is 1. The number of nitrogens with zero attached hydrogens (tertiary/aromatic N) is 3. The Labute approximate surface area is 85.5 Å². The number of aromatic nitrogens is 2. The van der Waals surface area contributed by atoms with Crippen molar-refractivity contribution in [2.45, 2.75) is 6.04 Å². The van der Waals surface area contributed by atoms with Crippen LogP contribution in [0.2, 0.25) is 0 Å². The minimum absolute atomic E-state index is 0.0314. The first kappa shape index (κ1) is 9.63. The molecule has 1 aromatic rings. The molecule has 0 radical (unpaired) electrons. The second-order valence-corrected chi connectivity index (χ2v) is 3.77. The van der Waals surface area contributed by atoms with E-state index in [-0.39, 0.29) is 18.6 Å². The maximum absolute atomic E-state index is 9.13. The highest BCUT2D eigenvalue weighted by molar-refractivity contribution is 7.09. The second-order valence-electron chi connectivity index (χ2n) is 3.04. The van der Waals surface area contributed by atoms with Crippen LogP contribution in [0.25, 0.3) is 0 Å². The minimum Gasteiger partial charge on any atom is -0.394 e. The van der Waals surface area contributed by atoms with E-state index in [1.54, 1.807) is 0 Å². The number of aliphatic hydroxyl groups is 1. The Bertz CT molecular complexity index is 306. The Morgan fingerprint density at radius 2 is 2.57 bits per heavy atom. The minimum atomic E-state index is -0.0314. The van der Waals surface area contributed by atoms with Gasteiger partial charge < -0.3 is 20.5 Å². The number of rotatable bonds is 2. The van der Waals surface area contributed by atoms with Crippen molar-refractivity contribution >= 4 is 22.6 Å². The third-order valence-corrected chi connectivity index (χ3v) is 2.88. The van der Waals surface area contributed by atoms with Gasteiger partial charge in [0.05, 0.1) is 25.9 Å². The van der Waals surface area contributed by atoms with Crippen molar-refractivity contribution < 1.29 is 9.84 Å². The molecule has 1 unspecified atom stereocenters.